The Hall–Kier alpha value is -1.96. The highest BCUT2D eigenvalue weighted by atomic mass is 19.4. The van der Waals surface area contributed by atoms with Gasteiger partial charge >= 0.3 is 12.3 Å². The molecule has 0 saturated heterocycles. The first-order chi connectivity index (χ1) is 9.81. The maximum Gasteiger partial charge on any atom is 0.573 e. The van der Waals surface area contributed by atoms with Crippen molar-refractivity contribution in [2.24, 2.45) is 0 Å². The third-order valence-corrected chi connectivity index (χ3v) is 2.35. The highest BCUT2D eigenvalue weighted by Crippen LogP contribution is 2.24. The van der Waals surface area contributed by atoms with E-state index in [2.05, 4.69) is 4.74 Å². The molecule has 0 radical (unpaired) electrons. The van der Waals surface area contributed by atoms with Gasteiger partial charge in [0.25, 0.3) is 0 Å². The summed E-state index contributed by atoms with van der Waals surface area (Å²) >= 11 is 0. The minimum Gasteiger partial charge on any atom is -0.493 e. The van der Waals surface area contributed by atoms with Crippen LogP contribution in [-0.2, 0) is 9.53 Å². The lowest BCUT2D eigenvalue weighted by atomic mass is 10.2. The topological polar surface area (TPSA) is 65.0 Å². The van der Waals surface area contributed by atoms with Crippen LogP contribution in [0.15, 0.2) is 24.3 Å². The second-order valence-corrected chi connectivity index (χ2v) is 3.94. The van der Waals surface area contributed by atoms with Crippen molar-refractivity contribution in [1.82, 2.24) is 0 Å². The van der Waals surface area contributed by atoms with Gasteiger partial charge in [-0.25, -0.2) is 4.79 Å². The number of ether oxygens (including phenoxy) is 3. The third kappa shape index (κ3) is 6.84. The number of carbonyl (C=O) groups is 1. The van der Waals surface area contributed by atoms with Gasteiger partial charge in [0, 0.05) is 13.0 Å². The van der Waals surface area contributed by atoms with Crippen molar-refractivity contribution in [3.8, 4) is 11.5 Å². The smallest absolute Gasteiger partial charge is 0.493 e. The number of hydrogen-bond acceptors (Lipinski definition) is 4. The average molecular weight is 308 g/mol. The minimum atomic E-state index is -4.74. The number of aliphatic carboxylic acids is 1. The van der Waals surface area contributed by atoms with Crippen molar-refractivity contribution in [2.75, 3.05) is 13.2 Å². The normalized spacial score (nSPS) is 12.8. The average Bonchev–Trinajstić information content (AvgIpc) is 2.38. The van der Waals surface area contributed by atoms with E-state index in [9.17, 15) is 18.0 Å². The second-order valence-electron chi connectivity index (χ2n) is 3.94. The summed E-state index contributed by atoms with van der Waals surface area (Å²) in [6.07, 6.45) is -5.58. The summed E-state index contributed by atoms with van der Waals surface area (Å²) in [5, 5.41) is 8.84. The van der Waals surface area contributed by atoms with Crippen LogP contribution in [0.3, 0.4) is 0 Å². The Balaban J connectivity index is 2.44. The van der Waals surface area contributed by atoms with Crippen LogP contribution in [0.4, 0.5) is 13.2 Å². The van der Waals surface area contributed by atoms with Gasteiger partial charge in [0.2, 0.25) is 0 Å². The Morgan fingerprint density at radius 3 is 2.29 bits per heavy atom. The van der Waals surface area contributed by atoms with Crippen molar-refractivity contribution in [1.29, 1.82) is 0 Å². The molecule has 0 heterocycles. The molecule has 21 heavy (non-hydrogen) atoms. The molecule has 0 spiro atoms. The van der Waals surface area contributed by atoms with E-state index in [1.165, 1.54) is 12.1 Å². The fourth-order valence-electron chi connectivity index (χ4n) is 1.50. The Bertz CT molecular complexity index is 444. The molecule has 0 fully saturated rings. The number of alkyl halides is 3. The zero-order valence-electron chi connectivity index (χ0n) is 11.2. The van der Waals surface area contributed by atoms with E-state index >= 15 is 0 Å². The Kier molecular flexibility index (Phi) is 6.29. The van der Waals surface area contributed by atoms with E-state index < -0.39 is 18.4 Å². The summed E-state index contributed by atoms with van der Waals surface area (Å²) in [6.45, 7) is 2.01. The molecule has 1 aromatic rings. The van der Waals surface area contributed by atoms with E-state index in [1.54, 1.807) is 6.92 Å². The van der Waals surface area contributed by atoms with Gasteiger partial charge in [-0.1, -0.05) is 0 Å². The lowest BCUT2D eigenvalue weighted by Crippen LogP contribution is -2.26. The molecule has 8 heteroatoms. The van der Waals surface area contributed by atoms with Gasteiger partial charge in [-0.3, -0.25) is 0 Å². The molecule has 0 saturated carbocycles. The van der Waals surface area contributed by atoms with Crippen LogP contribution >= 0.6 is 0 Å². The van der Waals surface area contributed by atoms with Crippen molar-refractivity contribution in [3.63, 3.8) is 0 Å². The summed E-state index contributed by atoms with van der Waals surface area (Å²) < 4.78 is 49.8. The maximum absolute atomic E-state index is 12.0. The van der Waals surface area contributed by atoms with Crippen LogP contribution in [0.25, 0.3) is 0 Å². The SMILES string of the molecule is CCOC(CCOc1ccc(OC(F)(F)F)cc1)C(=O)O. The highest BCUT2D eigenvalue weighted by Gasteiger charge is 2.30. The molecular formula is C13H15F3O5. The van der Waals surface area contributed by atoms with Crippen molar-refractivity contribution < 1.29 is 37.3 Å². The van der Waals surface area contributed by atoms with Crippen molar-refractivity contribution in [2.45, 2.75) is 25.8 Å². The molecule has 0 aromatic heterocycles. The predicted octanol–water partition coefficient (Wildman–Crippen LogP) is 2.84. The molecule has 1 N–H and O–H groups in total. The van der Waals surface area contributed by atoms with Crippen LogP contribution < -0.4 is 9.47 Å². The van der Waals surface area contributed by atoms with Crippen molar-refractivity contribution >= 4 is 5.97 Å². The molecule has 5 nitrogen and oxygen atoms in total. The molecule has 1 rings (SSSR count). The lowest BCUT2D eigenvalue weighted by molar-refractivity contribution is -0.274. The summed E-state index contributed by atoms with van der Waals surface area (Å²) in [4.78, 5) is 10.8. The highest BCUT2D eigenvalue weighted by molar-refractivity contribution is 5.72. The quantitative estimate of drug-likeness (QED) is 0.800. The first-order valence-electron chi connectivity index (χ1n) is 6.15. The second kappa shape index (κ2) is 7.72. The minimum absolute atomic E-state index is 0.0659. The van der Waals surface area contributed by atoms with Crippen LogP contribution in [0.1, 0.15) is 13.3 Å². The summed E-state index contributed by atoms with van der Waals surface area (Å²) in [5.74, 6) is -1.13. The summed E-state index contributed by atoms with van der Waals surface area (Å²) in [7, 11) is 0. The third-order valence-electron chi connectivity index (χ3n) is 2.35. The lowest BCUT2D eigenvalue weighted by Gasteiger charge is -2.13. The van der Waals surface area contributed by atoms with E-state index in [4.69, 9.17) is 14.6 Å². The molecule has 0 bridgehead atoms. The number of carboxylic acid groups (broad SMARTS) is 1. The Labute approximate surface area is 119 Å². The number of benzene rings is 1. The Morgan fingerprint density at radius 1 is 1.24 bits per heavy atom. The molecule has 1 unspecified atom stereocenters. The number of halogens is 3. The van der Waals surface area contributed by atoms with Gasteiger partial charge < -0.3 is 19.3 Å². The van der Waals surface area contributed by atoms with E-state index in [-0.39, 0.29) is 25.4 Å². The molecular weight excluding hydrogens is 293 g/mol. The fourth-order valence-corrected chi connectivity index (χ4v) is 1.50. The van der Waals surface area contributed by atoms with Crippen LogP contribution in [0, 0.1) is 0 Å². The van der Waals surface area contributed by atoms with Gasteiger partial charge in [-0.05, 0) is 31.2 Å². The van der Waals surface area contributed by atoms with Crippen LogP contribution in [0.5, 0.6) is 11.5 Å². The molecule has 0 aliphatic heterocycles. The number of hydrogen-bond donors (Lipinski definition) is 1. The molecule has 0 aliphatic rings. The van der Waals surface area contributed by atoms with Gasteiger partial charge in [0.05, 0.1) is 6.61 Å². The van der Waals surface area contributed by atoms with Gasteiger partial charge in [-0.2, -0.15) is 0 Å². The standard InChI is InChI=1S/C13H15F3O5/c1-2-19-11(12(17)18)7-8-20-9-3-5-10(6-4-9)21-13(14,15)16/h3-6,11H,2,7-8H2,1H3,(H,17,18). The van der Waals surface area contributed by atoms with Gasteiger partial charge in [-0.15, -0.1) is 13.2 Å². The molecule has 0 amide bonds. The predicted molar refractivity (Wildman–Crippen MR) is 66.3 cm³/mol. The van der Waals surface area contributed by atoms with Crippen molar-refractivity contribution in [3.05, 3.63) is 24.3 Å². The summed E-state index contributed by atoms with van der Waals surface area (Å²) in [5.41, 5.74) is 0. The number of rotatable bonds is 8. The molecule has 0 aliphatic carbocycles. The molecule has 1 atom stereocenters. The zero-order chi connectivity index (χ0) is 15.9. The fraction of sp³-hybridized carbons (Fsp3) is 0.462. The van der Waals surface area contributed by atoms with E-state index in [0.29, 0.717) is 5.75 Å². The Morgan fingerprint density at radius 2 is 1.81 bits per heavy atom. The van der Waals surface area contributed by atoms with Gasteiger partial charge in [0.15, 0.2) is 6.10 Å². The van der Waals surface area contributed by atoms with Crippen LogP contribution in [-0.4, -0.2) is 36.8 Å². The first kappa shape index (κ1) is 17.1. The molecule has 118 valence electrons. The largest absolute Gasteiger partial charge is 0.573 e. The summed E-state index contributed by atoms with van der Waals surface area (Å²) in [6, 6.07) is 4.83. The zero-order valence-corrected chi connectivity index (χ0v) is 11.2. The van der Waals surface area contributed by atoms with Gasteiger partial charge in [0.1, 0.15) is 11.5 Å². The number of carboxylic acids is 1. The first-order valence-corrected chi connectivity index (χ1v) is 6.15. The molecule has 1 aromatic carbocycles. The van der Waals surface area contributed by atoms with E-state index in [1.807, 2.05) is 0 Å². The van der Waals surface area contributed by atoms with Crippen LogP contribution in [0.2, 0.25) is 0 Å². The maximum atomic E-state index is 12.0. The monoisotopic (exact) mass is 308 g/mol. The van der Waals surface area contributed by atoms with E-state index in [0.717, 1.165) is 12.1 Å².